The van der Waals surface area contributed by atoms with Crippen molar-refractivity contribution in [3.8, 4) is 0 Å². The van der Waals surface area contributed by atoms with Crippen molar-refractivity contribution in [1.82, 2.24) is 5.32 Å². The lowest BCUT2D eigenvalue weighted by Gasteiger charge is -2.14. The lowest BCUT2D eigenvalue weighted by atomic mass is 9.98. The molecule has 90 valence electrons. The minimum absolute atomic E-state index is 0. The quantitative estimate of drug-likeness (QED) is 0.824. The van der Waals surface area contributed by atoms with Crippen molar-refractivity contribution in [2.24, 2.45) is 0 Å². The number of hydrogen-bond acceptors (Lipinski definition) is 3. The van der Waals surface area contributed by atoms with E-state index in [0.717, 1.165) is 5.56 Å². The van der Waals surface area contributed by atoms with Crippen molar-refractivity contribution < 1.29 is 12.3 Å². The molecule has 2 atom stereocenters. The van der Waals surface area contributed by atoms with Crippen molar-refractivity contribution >= 4 is 22.6 Å². The monoisotopic (exact) mass is 265 g/mol. The average Bonchev–Trinajstić information content (AvgIpc) is 2.67. The number of halogens is 2. The molecule has 1 aromatic rings. The molecule has 0 radical (unpaired) electrons. The first kappa shape index (κ1) is 13.4. The summed E-state index contributed by atoms with van der Waals surface area (Å²) in [5.74, 6) is -0.277. The minimum Gasteiger partial charge on any atom is -0.315 e. The van der Waals surface area contributed by atoms with Gasteiger partial charge < -0.3 is 5.32 Å². The van der Waals surface area contributed by atoms with Crippen LogP contribution in [-0.2, 0) is 10.2 Å². The van der Waals surface area contributed by atoms with Gasteiger partial charge in [0.25, 0.3) is 0 Å². The van der Waals surface area contributed by atoms with Gasteiger partial charge in [-0.15, -0.1) is 16.3 Å². The lowest BCUT2D eigenvalue weighted by molar-refractivity contribution is 0.530. The molecule has 1 fully saturated rings. The lowest BCUT2D eigenvalue weighted by Crippen LogP contribution is -2.24. The molecule has 1 N–H and O–H groups in total. The molecule has 0 amide bonds. The maximum Gasteiger partial charge on any atom is 0.307 e. The summed E-state index contributed by atoms with van der Waals surface area (Å²) in [6, 6.07) is 9.17. The van der Waals surface area contributed by atoms with E-state index in [0.29, 0.717) is 6.54 Å². The molecule has 0 aromatic heterocycles. The van der Waals surface area contributed by atoms with E-state index in [1.54, 1.807) is 0 Å². The fourth-order valence-corrected chi connectivity index (χ4v) is 2.95. The number of rotatable bonds is 2. The zero-order valence-electron chi connectivity index (χ0n) is 8.47. The summed E-state index contributed by atoms with van der Waals surface area (Å²) in [6.07, 6.45) is 0. The summed E-state index contributed by atoms with van der Waals surface area (Å²) in [7, 11) is -4.46. The summed E-state index contributed by atoms with van der Waals surface area (Å²) in [5, 5.41) is 1.96. The normalized spacial score (nSPS) is 25.1. The summed E-state index contributed by atoms with van der Waals surface area (Å²) in [5.41, 5.74) is 0.869. The van der Waals surface area contributed by atoms with Gasteiger partial charge in [0.1, 0.15) is 5.25 Å². The summed E-state index contributed by atoms with van der Waals surface area (Å²) in [4.78, 5) is 0. The van der Waals surface area contributed by atoms with Gasteiger partial charge in [0.2, 0.25) is 0 Å². The maximum atomic E-state index is 13.0. The fourth-order valence-electron chi connectivity index (χ4n) is 1.98. The Labute approximate surface area is 101 Å². The first-order valence-corrected chi connectivity index (χ1v) is 6.23. The van der Waals surface area contributed by atoms with Gasteiger partial charge in [-0.05, 0) is 5.56 Å². The van der Waals surface area contributed by atoms with Crippen molar-refractivity contribution in [3.05, 3.63) is 35.9 Å². The van der Waals surface area contributed by atoms with Gasteiger partial charge in [-0.1, -0.05) is 30.3 Å². The molecule has 0 unspecified atom stereocenters. The zero-order valence-corrected chi connectivity index (χ0v) is 10.1. The van der Waals surface area contributed by atoms with Crippen LogP contribution in [0.5, 0.6) is 0 Å². The van der Waals surface area contributed by atoms with Gasteiger partial charge >= 0.3 is 10.2 Å². The Morgan fingerprint density at radius 1 is 1.19 bits per heavy atom. The van der Waals surface area contributed by atoms with Crippen LogP contribution in [0, 0.1) is 0 Å². The van der Waals surface area contributed by atoms with E-state index in [2.05, 4.69) is 5.32 Å². The second-order valence-corrected chi connectivity index (χ2v) is 5.25. The average molecular weight is 266 g/mol. The molecule has 1 saturated heterocycles. The Bertz CT molecular complexity index is 437. The van der Waals surface area contributed by atoms with Crippen LogP contribution in [0.3, 0.4) is 0 Å². The zero-order chi connectivity index (χ0) is 10.9. The van der Waals surface area contributed by atoms with Crippen LogP contribution in [-0.4, -0.2) is 26.8 Å². The Hall–Kier alpha value is -0.650. The van der Waals surface area contributed by atoms with Gasteiger partial charge in [-0.3, -0.25) is 0 Å². The van der Waals surface area contributed by atoms with E-state index in [9.17, 15) is 12.3 Å². The van der Waals surface area contributed by atoms with E-state index in [-0.39, 0.29) is 24.9 Å². The third-order valence-corrected chi connectivity index (χ3v) is 3.97. The predicted molar refractivity (Wildman–Crippen MR) is 63.1 cm³/mol. The van der Waals surface area contributed by atoms with E-state index in [1.807, 2.05) is 30.3 Å². The third kappa shape index (κ3) is 2.72. The molecule has 1 aromatic carbocycles. The molecular formula is C10H13ClFNO2S. The molecule has 2 rings (SSSR count). The third-order valence-electron chi connectivity index (χ3n) is 2.75. The van der Waals surface area contributed by atoms with Gasteiger partial charge in [0.05, 0.1) is 0 Å². The molecule has 0 bridgehead atoms. The van der Waals surface area contributed by atoms with Crippen molar-refractivity contribution in [2.45, 2.75) is 11.2 Å². The highest BCUT2D eigenvalue weighted by atomic mass is 35.5. The Kier molecular flexibility index (Phi) is 4.29. The molecule has 6 heteroatoms. The van der Waals surface area contributed by atoms with Crippen LogP contribution in [0.15, 0.2) is 30.3 Å². The SMILES string of the molecule is Cl.O=S(=O)(F)[C@@H]1CNC[C@H]1c1ccccc1. The summed E-state index contributed by atoms with van der Waals surface area (Å²) < 4.78 is 34.8. The molecule has 0 spiro atoms. The van der Waals surface area contributed by atoms with Crippen molar-refractivity contribution in [3.63, 3.8) is 0 Å². The fraction of sp³-hybridized carbons (Fsp3) is 0.400. The predicted octanol–water partition coefficient (Wildman–Crippen LogP) is 1.46. The molecule has 0 aliphatic carbocycles. The van der Waals surface area contributed by atoms with Crippen LogP contribution in [0.1, 0.15) is 11.5 Å². The largest absolute Gasteiger partial charge is 0.315 e. The highest BCUT2D eigenvalue weighted by Gasteiger charge is 2.38. The summed E-state index contributed by atoms with van der Waals surface area (Å²) >= 11 is 0. The molecule has 1 aliphatic rings. The maximum absolute atomic E-state index is 13.0. The van der Waals surface area contributed by atoms with Crippen LogP contribution in [0.4, 0.5) is 3.89 Å². The van der Waals surface area contributed by atoms with E-state index in [1.165, 1.54) is 0 Å². The van der Waals surface area contributed by atoms with Crippen molar-refractivity contribution in [2.75, 3.05) is 13.1 Å². The molecule has 16 heavy (non-hydrogen) atoms. The van der Waals surface area contributed by atoms with Crippen LogP contribution in [0.25, 0.3) is 0 Å². The highest BCUT2D eigenvalue weighted by molar-refractivity contribution is 7.87. The van der Waals surface area contributed by atoms with Crippen LogP contribution in [0.2, 0.25) is 0 Å². The molecule has 3 nitrogen and oxygen atoms in total. The first-order chi connectivity index (χ1) is 7.09. The number of nitrogens with one attached hydrogen (secondary N) is 1. The Morgan fingerprint density at radius 2 is 1.81 bits per heavy atom. The van der Waals surface area contributed by atoms with Crippen LogP contribution >= 0.6 is 12.4 Å². The van der Waals surface area contributed by atoms with E-state index in [4.69, 9.17) is 0 Å². The van der Waals surface area contributed by atoms with Gasteiger partial charge in [-0.25, -0.2) is 0 Å². The molecule has 0 saturated carbocycles. The highest BCUT2D eigenvalue weighted by Crippen LogP contribution is 2.28. The smallest absolute Gasteiger partial charge is 0.307 e. The van der Waals surface area contributed by atoms with E-state index >= 15 is 0 Å². The van der Waals surface area contributed by atoms with Gasteiger partial charge in [0.15, 0.2) is 0 Å². The van der Waals surface area contributed by atoms with Crippen LogP contribution < -0.4 is 5.32 Å². The first-order valence-electron chi connectivity index (χ1n) is 4.78. The molecular weight excluding hydrogens is 253 g/mol. The summed E-state index contributed by atoms with van der Waals surface area (Å²) in [6.45, 7) is 0.705. The molecule has 1 aliphatic heterocycles. The van der Waals surface area contributed by atoms with Gasteiger partial charge in [0, 0.05) is 19.0 Å². The topological polar surface area (TPSA) is 46.2 Å². The second kappa shape index (κ2) is 5.12. The number of benzene rings is 1. The van der Waals surface area contributed by atoms with E-state index < -0.39 is 15.5 Å². The van der Waals surface area contributed by atoms with Crippen molar-refractivity contribution in [1.29, 1.82) is 0 Å². The van der Waals surface area contributed by atoms with Gasteiger partial charge in [-0.2, -0.15) is 8.42 Å². The Balaban J connectivity index is 0.00000128. The minimum atomic E-state index is -4.46. The molecule has 1 heterocycles. The second-order valence-electron chi connectivity index (χ2n) is 3.69. The number of hydrogen-bond donors (Lipinski definition) is 1. The standard InChI is InChI=1S/C10H12FNO2S.ClH/c11-15(13,14)10-7-12-6-9(10)8-4-2-1-3-5-8;/h1-5,9-10,12H,6-7H2;1H/t9-,10+;/m0./s1. The Morgan fingerprint density at radius 3 is 2.38 bits per heavy atom.